The second kappa shape index (κ2) is 9.65. The summed E-state index contributed by atoms with van der Waals surface area (Å²) in [6, 6.07) is 19.3. The third-order valence-electron chi connectivity index (χ3n) is 5.57. The van der Waals surface area contributed by atoms with E-state index in [1.165, 1.54) is 4.90 Å². The van der Waals surface area contributed by atoms with Crippen LogP contribution in [0.5, 0.6) is 0 Å². The zero-order valence-corrected chi connectivity index (χ0v) is 16.5. The Kier molecular flexibility index (Phi) is 6.99. The van der Waals surface area contributed by atoms with Crippen LogP contribution in [0.15, 0.2) is 60.7 Å². The van der Waals surface area contributed by atoms with E-state index in [9.17, 15) is 14.7 Å². The number of benzene rings is 2. The summed E-state index contributed by atoms with van der Waals surface area (Å²) >= 11 is 0. The Morgan fingerprint density at radius 3 is 2.11 bits per heavy atom. The maximum Gasteiger partial charge on any atom is 0.236 e. The molecule has 1 fully saturated rings. The molecular weight excluding hydrogens is 350 g/mol. The highest BCUT2D eigenvalue weighted by Crippen LogP contribution is 2.34. The van der Waals surface area contributed by atoms with Gasteiger partial charge in [-0.1, -0.05) is 86.8 Å². The van der Waals surface area contributed by atoms with Gasteiger partial charge in [0.15, 0.2) is 0 Å². The lowest BCUT2D eigenvalue weighted by molar-refractivity contribution is -0.141. The molecule has 0 spiro atoms. The van der Waals surface area contributed by atoms with E-state index in [1.807, 2.05) is 60.7 Å². The smallest absolute Gasteiger partial charge is 0.236 e. The Balaban J connectivity index is 1.82. The Morgan fingerprint density at radius 1 is 0.893 bits per heavy atom. The van der Waals surface area contributed by atoms with Crippen molar-refractivity contribution in [2.24, 2.45) is 11.8 Å². The number of aliphatic hydroxyl groups is 1. The predicted octanol–water partition coefficient (Wildman–Crippen LogP) is 3.97. The molecule has 2 aromatic rings. The van der Waals surface area contributed by atoms with Crippen LogP contribution >= 0.6 is 0 Å². The van der Waals surface area contributed by atoms with Gasteiger partial charge in [0.2, 0.25) is 11.8 Å². The van der Waals surface area contributed by atoms with E-state index in [0.717, 1.165) is 30.4 Å². The molecule has 1 N–H and O–H groups in total. The summed E-state index contributed by atoms with van der Waals surface area (Å²) in [5.74, 6) is -1.57. The van der Waals surface area contributed by atoms with Crippen LogP contribution in [0, 0.1) is 11.8 Å². The SMILES string of the molecule is CCCCCC(O)[C@@H]1C(=O)N(Cc2ccccc2)C(=O)[C@H]1Cc1ccccc1. The number of imide groups is 1. The molecule has 1 saturated heterocycles. The van der Waals surface area contributed by atoms with Crippen molar-refractivity contribution in [1.29, 1.82) is 0 Å². The van der Waals surface area contributed by atoms with Gasteiger partial charge in [-0.15, -0.1) is 0 Å². The molecule has 2 amide bonds. The minimum absolute atomic E-state index is 0.169. The summed E-state index contributed by atoms with van der Waals surface area (Å²) < 4.78 is 0. The molecule has 28 heavy (non-hydrogen) atoms. The van der Waals surface area contributed by atoms with Crippen molar-refractivity contribution in [3.05, 3.63) is 71.8 Å². The van der Waals surface area contributed by atoms with Gasteiger partial charge in [0.25, 0.3) is 0 Å². The fourth-order valence-corrected chi connectivity index (χ4v) is 4.03. The Morgan fingerprint density at radius 2 is 1.50 bits per heavy atom. The summed E-state index contributed by atoms with van der Waals surface area (Å²) in [5, 5.41) is 10.8. The molecule has 1 aliphatic rings. The molecular formula is C24H29NO3. The lowest BCUT2D eigenvalue weighted by Gasteiger charge is -2.21. The summed E-state index contributed by atoms with van der Waals surface area (Å²) in [5.41, 5.74) is 1.93. The van der Waals surface area contributed by atoms with E-state index in [0.29, 0.717) is 12.8 Å². The number of unbranched alkanes of at least 4 members (excludes halogenated alkanes) is 2. The molecule has 4 nitrogen and oxygen atoms in total. The highest BCUT2D eigenvalue weighted by Gasteiger charge is 2.50. The van der Waals surface area contributed by atoms with Crippen molar-refractivity contribution in [2.75, 3.05) is 0 Å². The third kappa shape index (κ3) is 4.68. The first kappa shape index (κ1) is 20.3. The average molecular weight is 380 g/mol. The largest absolute Gasteiger partial charge is 0.392 e. The Hall–Kier alpha value is -2.46. The van der Waals surface area contributed by atoms with Crippen LogP contribution in [0.25, 0.3) is 0 Å². The Labute approximate surface area is 167 Å². The van der Waals surface area contributed by atoms with Crippen molar-refractivity contribution in [3.8, 4) is 0 Å². The van der Waals surface area contributed by atoms with Gasteiger partial charge in [0.1, 0.15) is 0 Å². The molecule has 0 saturated carbocycles. The van der Waals surface area contributed by atoms with Crippen molar-refractivity contribution >= 4 is 11.8 Å². The van der Waals surface area contributed by atoms with Gasteiger partial charge < -0.3 is 5.11 Å². The van der Waals surface area contributed by atoms with E-state index in [1.54, 1.807) is 0 Å². The lowest BCUT2D eigenvalue weighted by Crippen LogP contribution is -2.34. The number of hydrogen-bond donors (Lipinski definition) is 1. The normalized spacial score (nSPS) is 20.6. The van der Waals surface area contributed by atoms with Crippen LogP contribution in [0.3, 0.4) is 0 Å². The molecule has 0 aliphatic carbocycles. The summed E-state index contributed by atoms with van der Waals surface area (Å²) in [7, 11) is 0. The summed E-state index contributed by atoms with van der Waals surface area (Å²) in [4.78, 5) is 27.6. The maximum atomic E-state index is 13.2. The van der Waals surface area contributed by atoms with E-state index in [2.05, 4.69) is 6.92 Å². The van der Waals surface area contributed by atoms with Gasteiger partial charge in [0.05, 0.1) is 24.5 Å². The number of carbonyl (C=O) groups is 2. The maximum absolute atomic E-state index is 13.2. The van der Waals surface area contributed by atoms with Gasteiger partial charge in [-0.05, 0) is 24.0 Å². The van der Waals surface area contributed by atoms with Crippen molar-refractivity contribution in [3.63, 3.8) is 0 Å². The molecule has 0 radical (unpaired) electrons. The first-order chi connectivity index (χ1) is 13.6. The lowest BCUT2D eigenvalue weighted by atomic mass is 9.83. The van der Waals surface area contributed by atoms with Gasteiger partial charge >= 0.3 is 0 Å². The number of likely N-dealkylation sites (tertiary alicyclic amines) is 1. The van der Waals surface area contributed by atoms with Crippen molar-refractivity contribution in [2.45, 2.75) is 51.7 Å². The number of hydrogen-bond acceptors (Lipinski definition) is 3. The molecule has 2 aromatic carbocycles. The average Bonchev–Trinajstić information content (AvgIpc) is 2.94. The predicted molar refractivity (Wildman–Crippen MR) is 109 cm³/mol. The standard InChI is InChI=1S/C24H29NO3/c1-2-3-6-15-21(26)22-20(16-18-11-7-4-8-12-18)23(27)25(24(22)28)17-19-13-9-5-10-14-19/h4-5,7-14,20-22,26H,2-3,6,15-17H2,1H3/t20-,21?,22+/m0/s1. The van der Waals surface area contributed by atoms with Crippen LogP contribution in [0.4, 0.5) is 0 Å². The van der Waals surface area contributed by atoms with Crippen LogP contribution in [0.2, 0.25) is 0 Å². The van der Waals surface area contributed by atoms with Gasteiger partial charge in [-0.25, -0.2) is 0 Å². The fraction of sp³-hybridized carbons (Fsp3) is 0.417. The molecule has 148 valence electrons. The minimum atomic E-state index is -0.780. The van der Waals surface area contributed by atoms with E-state index in [-0.39, 0.29) is 18.4 Å². The number of carbonyl (C=O) groups excluding carboxylic acids is 2. The van der Waals surface area contributed by atoms with Crippen LogP contribution in [-0.2, 0) is 22.6 Å². The zero-order valence-electron chi connectivity index (χ0n) is 16.5. The topological polar surface area (TPSA) is 57.6 Å². The minimum Gasteiger partial charge on any atom is -0.392 e. The monoisotopic (exact) mass is 379 g/mol. The zero-order chi connectivity index (χ0) is 19.9. The summed E-state index contributed by atoms with van der Waals surface area (Å²) in [6.07, 6.45) is 3.19. The number of aliphatic hydroxyl groups excluding tert-OH is 1. The van der Waals surface area contributed by atoms with Crippen molar-refractivity contribution in [1.82, 2.24) is 4.90 Å². The molecule has 3 atom stereocenters. The molecule has 1 aliphatic heterocycles. The van der Waals surface area contributed by atoms with Gasteiger partial charge in [-0.2, -0.15) is 0 Å². The first-order valence-electron chi connectivity index (χ1n) is 10.2. The molecule has 0 bridgehead atoms. The van der Waals surface area contributed by atoms with Gasteiger partial charge in [0, 0.05) is 0 Å². The molecule has 4 heteroatoms. The van der Waals surface area contributed by atoms with Crippen LogP contribution < -0.4 is 0 Å². The summed E-state index contributed by atoms with van der Waals surface area (Å²) in [6.45, 7) is 2.37. The van der Waals surface area contributed by atoms with E-state index < -0.39 is 17.9 Å². The Bertz CT molecular complexity index is 775. The van der Waals surface area contributed by atoms with Crippen molar-refractivity contribution < 1.29 is 14.7 Å². The fourth-order valence-electron chi connectivity index (χ4n) is 4.03. The molecule has 1 heterocycles. The van der Waals surface area contributed by atoms with Crippen LogP contribution in [0.1, 0.15) is 43.7 Å². The highest BCUT2D eigenvalue weighted by atomic mass is 16.3. The first-order valence-corrected chi connectivity index (χ1v) is 10.2. The highest BCUT2D eigenvalue weighted by molar-refractivity contribution is 6.05. The number of rotatable bonds is 9. The van der Waals surface area contributed by atoms with E-state index in [4.69, 9.17) is 0 Å². The number of nitrogens with zero attached hydrogens (tertiary/aromatic N) is 1. The molecule has 1 unspecified atom stereocenters. The molecule has 3 rings (SSSR count). The molecule has 0 aromatic heterocycles. The number of amides is 2. The third-order valence-corrected chi connectivity index (χ3v) is 5.57. The quantitative estimate of drug-likeness (QED) is 0.530. The van der Waals surface area contributed by atoms with Crippen LogP contribution in [-0.4, -0.2) is 27.9 Å². The second-order valence-corrected chi connectivity index (χ2v) is 7.63. The van der Waals surface area contributed by atoms with Gasteiger partial charge in [-0.3, -0.25) is 14.5 Å². The van der Waals surface area contributed by atoms with E-state index >= 15 is 0 Å². The second-order valence-electron chi connectivity index (χ2n) is 7.63.